The Labute approximate surface area is 201 Å². The Balaban J connectivity index is 1.53. The minimum absolute atomic E-state index is 0.134. The third kappa shape index (κ3) is 4.24. The summed E-state index contributed by atoms with van der Waals surface area (Å²) in [6, 6.07) is 7.13. The number of tetrazole rings is 1. The Morgan fingerprint density at radius 1 is 1.41 bits per heavy atom. The molecular formula is C19H19N7O6S2. The molecule has 0 radical (unpaired) electrons. The Bertz CT molecular complexity index is 1160. The lowest BCUT2D eigenvalue weighted by molar-refractivity contribution is -0.166. The summed E-state index contributed by atoms with van der Waals surface area (Å²) in [5, 5.41) is 21.5. The first-order valence-corrected chi connectivity index (χ1v) is 11.9. The van der Waals surface area contributed by atoms with Gasteiger partial charge in [-0.15, -0.1) is 16.9 Å². The molecule has 1 saturated heterocycles. The number of benzene rings is 1. The second kappa shape index (κ2) is 9.82. The van der Waals surface area contributed by atoms with Gasteiger partial charge in [0.15, 0.2) is 6.04 Å². The van der Waals surface area contributed by atoms with Gasteiger partial charge in [-0.05, 0) is 16.0 Å². The molecule has 2 aliphatic rings. The molecule has 2 amide bonds. The number of nitrogens with two attached hydrogens (primary N) is 1. The second-order valence-electron chi connectivity index (χ2n) is 7.25. The third-order valence-electron chi connectivity index (χ3n) is 5.25. The molecule has 15 heteroatoms. The topological polar surface area (TPSA) is 174 Å². The van der Waals surface area contributed by atoms with Crippen LogP contribution in [0.4, 0.5) is 0 Å². The van der Waals surface area contributed by atoms with Gasteiger partial charge in [0.1, 0.15) is 11.1 Å². The lowest BCUT2D eigenvalue weighted by atomic mass is 10.0. The maximum atomic E-state index is 13.0. The molecule has 34 heavy (non-hydrogen) atoms. The summed E-state index contributed by atoms with van der Waals surface area (Å²) in [5.41, 5.74) is 0.769. The first-order valence-electron chi connectivity index (χ1n) is 9.82. The lowest BCUT2D eigenvalue weighted by Crippen LogP contribution is -2.73. The van der Waals surface area contributed by atoms with E-state index in [-0.39, 0.29) is 17.9 Å². The number of fused-ring (bicyclic) bond motifs is 1. The number of rotatable bonds is 9. The van der Waals surface area contributed by atoms with Crippen LogP contribution in [0.1, 0.15) is 11.7 Å². The van der Waals surface area contributed by atoms with Crippen LogP contribution >= 0.6 is 23.5 Å². The van der Waals surface area contributed by atoms with Gasteiger partial charge in [-0.3, -0.25) is 24.3 Å². The molecule has 2 aliphatic heterocycles. The van der Waals surface area contributed by atoms with E-state index >= 15 is 0 Å². The van der Waals surface area contributed by atoms with Crippen molar-refractivity contribution in [1.82, 2.24) is 30.1 Å². The Kier molecular flexibility index (Phi) is 6.85. The molecule has 0 bridgehead atoms. The van der Waals surface area contributed by atoms with Crippen LogP contribution in [0.25, 0.3) is 0 Å². The predicted molar refractivity (Wildman–Crippen MR) is 118 cm³/mol. The van der Waals surface area contributed by atoms with Crippen LogP contribution in [0.2, 0.25) is 0 Å². The SMILES string of the molecule is Cn1nnnc1SCC1=C(C(=O)O)N2C(=O)C(N(N)C(=O)C(OC=O)c3ccccc3)[C@H]2SC1. The van der Waals surface area contributed by atoms with Crippen LogP contribution in [0, 0.1) is 0 Å². The van der Waals surface area contributed by atoms with E-state index < -0.39 is 35.3 Å². The van der Waals surface area contributed by atoms with E-state index in [4.69, 9.17) is 10.6 Å². The summed E-state index contributed by atoms with van der Waals surface area (Å²) in [5.74, 6) is 3.90. The molecule has 2 aromatic rings. The number of carboxylic acid groups (broad SMARTS) is 1. The van der Waals surface area contributed by atoms with Crippen molar-refractivity contribution in [2.45, 2.75) is 22.7 Å². The van der Waals surface area contributed by atoms with Gasteiger partial charge in [0.25, 0.3) is 18.3 Å². The number of ether oxygens (including phenoxy) is 1. The van der Waals surface area contributed by atoms with Gasteiger partial charge in [-0.1, -0.05) is 42.1 Å². The molecule has 4 rings (SSSR count). The van der Waals surface area contributed by atoms with Crippen LogP contribution < -0.4 is 5.84 Å². The number of carbonyl (C=O) groups is 4. The van der Waals surface area contributed by atoms with Crippen LogP contribution in [-0.2, 0) is 31.0 Å². The zero-order valence-corrected chi connectivity index (χ0v) is 19.3. The van der Waals surface area contributed by atoms with E-state index in [0.717, 1.165) is 9.91 Å². The first-order chi connectivity index (χ1) is 16.3. The number of aliphatic carboxylic acids is 1. The van der Waals surface area contributed by atoms with Gasteiger partial charge in [-0.25, -0.2) is 15.3 Å². The number of hydrogen-bond acceptors (Lipinski definition) is 11. The molecule has 2 unspecified atom stereocenters. The number of aryl methyl sites for hydroxylation is 1. The number of carbonyl (C=O) groups excluding carboxylic acids is 3. The molecule has 3 N–H and O–H groups in total. The highest BCUT2D eigenvalue weighted by molar-refractivity contribution is 8.01. The van der Waals surface area contributed by atoms with E-state index in [1.807, 2.05) is 0 Å². The number of thioether (sulfide) groups is 2. The van der Waals surface area contributed by atoms with Gasteiger partial charge in [0.05, 0.1) is 0 Å². The van der Waals surface area contributed by atoms with E-state index in [0.29, 0.717) is 22.0 Å². The smallest absolute Gasteiger partial charge is 0.352 e. The van der Waals surface area contributed by atoms with E-state index in [2.05, 4.69) is 15.5 Å². The second-order valence-corrected chi connectivity index (χ2v) is 9.30. The zero-order valence-electron chi connectivity index (χ0n) is 17.7. The van der Waals surface area contributed by atoms with Crippen LogP contribution in [-0.4, -0.2) is 82.4 Å². The average molecular weight is 506 g/mol. The normalized spacial score (nSPS) is 20.3. The molecule has 1 aromatic carbocycles. The summed E-state index contributed by atoms with van der Waals surface area (Å²) in [6.45, 7) is 0.134. The minimum Gasteiger partial charge on any atom is -0.477 e. The highest BCUT2D eigenvalue weighted by atomic mass is 32.2. The fraction of sp³-hybridized carbons (Fsp3) is 0.316. The number of β-lactam (4-membered cyclic amide) rings is 1. The van der Waals surface area contributed by atoms with E-state index in [1.54, 1.807) is 37.4 Å². The maximum absolute atomic E-state index is 13.0. The highest BCUT2D eigenvalue weighted by Gasteiger charge is 2.57. The summed E-state index contributed by atoms with van der Waals surface area (Å²) in [4.78, 5) is 50.2. The largest absolute Gasteiger partial charge is 0.477 e. The highest BCUT2D eigenvalue weighted by Crippen LogP contribution is 2.43. The Hall–Kier alpha value is -3.43. The molecule has 1 fully saturated rings. The van der Waals surface area contributed by atoms with Gasteiger partial charge >= 0.3 is 5.97 Å². The van der Waals surface area contributed by atoms with Gasteiger partial charge in [-0.2, -0.15) is 0 Å². The lowest BCUT2D eigenvalue weighted by Gasteiger charge is -2.51. The molecule has 3 atom stereocenters. The van der Waals surface area contributed by atoms with Crippen molar-refractivity contribution in [1.29, 1.82) is 0 Å². The number of carboxylic acids is 1. The van der Waals surface area contributed by atoms with E-state index in [1.165, 1.54) is 28.2 Å². The van der Waals surface area contributed by atoms with Crippen molar-refractivity contribution in [3.8, 4) is 0 Å². The molecule has 3 heterocycles. The molecule has 0 saturated carbocycles. The van der Waals surface area contributed by atoms with Gasteiger partial charge < -0.3 is 9.84 Å². The fourth-order valence-corrected chi connectivity index (χ4v) is 6.02. The Morgan fingerprint density at radius 3 is 2.76 bits per heavy atom. The van der Waals surface area contributed by atoms with Gasteiger partial charge in [0, 0.05) is 24.1 Å². The van der Waals surface area contributed by atoms with Crippen molar-refractivity contribution in [3.63, 3.8) is 0 Å². The molecular weight excluding hydrogens is 486 g/mol. The predicted octanol–water partition coefficient (Wildman–Crippen LogP) is -0.459. The molecule has 0 spiro atoms. The standard InChI is InChI=1S/C19H19N7O6S2/c1-24-19(21-22-23-24)34-8-11-7-33-17-13(15(28)25(17)12(11)18(30)31)26(20)16(29)14(32-9-27)10-5-3-2-4-6-10/h2-6,9,13-14,17H,7-8,20H2,1H3,(H,30,31)/t13?,14?,17-/m1/s1. The van der Waals surface area contributed by atoms with Crippen molar-refractivity contribution in [3.05, 3.63) is 47.2 Å². The molecule has 1 aromatic heterocycles. The number of aromatic nitrogens is 4. The van der Waals surface area contributed by atoms with Gasteiger partial charge in [0.2, 0.25) is 11.3 Å². The first kappa shape index (κ1) is 23.7. The number of hydrazine groups is 1. The van der Waals surface area contributed by atoms with Crippen LogP contribution in [0.5, 0.6) is 0 Å². The van der Waals surface area contributed by atoms with E-state index in [9.17, 15) is 24.3 Å². The summed E-state index contributed by atoms with van der Waals surface area (Å²) in [7, 11) is 1.66. The van der Waals surface area contributed by atoms with Crippen LogP contribution in [0.15, 0.2) is 46.8 Å². The van der Waals surface area contributed by atoms with Crippen molar-refractivity contribution in [2.75, 3.05) is 11.5 Å². The fourth-order valence-electron chi connectivity index (χ4n) is 3.63. The summed E-state index contributed by atoms with van der Waals surface area (Å²) < 4.78 is 6.40. The van der Waals surface area contributed by atoms with Crippen molar-refractivity contribution < 1.29 is 29.0 Å². The maximum Gasteiger partial charge on any atom is 0.352 e. The molecule has 0 aliphatic carbocycles. The monoisotopic (exact) mass is 505 g/mol. The zero-order chi connectivity index (χ0) is 24.4. The average Bonchev–Trinajstić information content (AvgIpc) is 3.25. The summed E-state index contributed by atoms with van der Waals surface area (Å²) >= 11 is 2.53. The molecule has 13 nitrogen and oxygen atoms in total. The number of hydrogen-bond donors (Lipinski definition) is 2. The molecule has 178 valence electrons. The minimum atomic E-state index is -1.33. The van der Waals surface area contributed by atoms with Crippen molar-refractivity contribution >= 4 is 47.8 Å². The van der Waals surface area contributed by atoms with Crippen LogP contribution in [0.3, 0.4) is 0 Å². The number of amides is 2. The Morgan fingerprint density at radius 2 is 2.15 bits per heavy atom. The quantitative estimate of drug-likeness (QED) is 0.112. The summed E-state index contributed by atoms with van der Waals surface area (Å²) in [6.07, 6.45) is -1.33. The third-order valence-corrected chi connectivity index (χ3v) is 7.67. The number of nitrogens with zero attached hydrogens (tertiary/aromatic N) is 6. The van der Waals surface area contributed by atoms with Crippen molar-refractivity contribution in [2.24, 2.45) is 12.9 Å².